The highest BCUT2D eigenvalue weighted by Gasteiger charge is 2.17. The van der Waals surface area contributed by atoms with Crippen molar-refractivity contribution in [1.29, 1.82) is 0 Å². The Morgan fingerprint density at radius 3 is 2.67 bits per heavy atom. The van der Waals surface area contributed by atoms with Crippen LogP contribution in [0.25, 0.3) is 10.8 Å². The maximum Gasteiger partial charge on any atom is 0.387 e. The number of ether oxygens (including phenoxy) is 1. The molecule has 0 radical (unpaired) electrons. The van der Waals surface area contributed by atoms with E-state index >= 15 is 0 Å². The van der Waals surface area contributed by atoms with Gasteiger partial charge in [0.25, 0.3) is 10.0 Å². The molecule has 0 aliphatic rings. The molecule has 0 aliphatic carbocycles. The van der Waals surface area contributed by atoms with Crippen LogP contribution in [-0.2, 0) is 10.0 Å². The second kappa shape index (κ2) is 6.40. The van der Waals surface area contributed by atoms with Crippen molar-refractivity contribution >= 4 is 26.5 Å². The topological polar surface area (TPSA) is 68.3 Å². The largest absolute Gasteiger partial charge is 0.435 e. The summed E-state index contributed by atoms with van der Waals surface area (Å²) in [6, 6.07) is 11.7. The SMILES string of the molecule is O=S(=O)(Nc1cccc2cnccc12)c1cccc(OC(F)F)c1. The molecule has 0 spiro atoms. The van der Waals surface area contributed by atoms with Gasteiger partial charge in [0.1, 0.15) is 5.75 Å². The Hall–Kier alpha value is -2.74. The zero-order chi connectivity index (χ0) is 17.2. The van der Waals surface area contributed by atoms with Gasteiger partial charge >= 0.3 is 6.61 Å². The molecule has 0 atom stereocenters. The van der Waals surface area contributed by atoms with Gasteiger partial charge in [0, 0.05) is 29.2 Å². The molecule has 24 heavy (non-hydrogen) atoms. The van der Waals surface area contributed by atoms with E-state index in [4.69, 9.17) is 0 Å². The van der Waals surface area contributed by atoms with Crippen LogP contribution in [0, 0.1) is 0 Å². The van der Waals surface area contributed by atoms with Crippen molar-refractivity contribution in [2.75, 3.05) is 4.72 Å². The minimum absolute atomic E-state index is 0.174. The summed E-state index contributed by atoms with van der Waals surface area (Å²) in [5.74, 6) is -0.227. The summed E-state index contributed by atoms with van der Waals surface area (Å²) >= 11 is 0. The number of rotatable bonds is 5. The van der Waals surface area contributed by atoms with Crippen LogP contribution in [-0.4, -0.2) is 20.0 Å². The lowest BCUT2D eigenvalue weighted by atomic mass is 10.1. The second-order valence-corrected chi connectivity index (χ2v) is 6.54. The molecule has 0 aliphatic heterocycles. The Morgan fingerprint density at radius 2 is 1.88 bits per heavy atom. The number of alkyl halides is 2. The summed E-state index contributed by atoms with van der Waals surface area (Å²) in [7, 11) is -3.96. The van der Waals surface area contributed by atoms with Crippen molar-refractivity contribution in [3.63, 3.8) is 0 Å². The number of halogens is 2. The predicted octanol–water partition coefficient (Wildman–Crippen LogP) is 3.64. The van der Waals surface area contributed by atoms with Gasteiger partial charge in [0.05, 0.1) is 10.6 Å². The molecular weight excluding hydrogens is 338 g/mol. The van der Waals surface area contributed by atoms with Crippen LogP contribution >= 0.6 is 0 Å². The lowest BCUT2D eigenvalue weighted by Crippen LogP contribution is -2.13. The Morgan fingerprint density at radius 1 is 1.08 bits per heavy atom. The van der Waals surface area contributed by atoms with Gasteiger partial charge in [0.15, 0.2) is 0 Å². The molecule has 2 aromatic carbocycles. The summed E-state index contributed by atoms with van der Waals surface area (Å²) in [6.45, 7) is -3.03. The van der Waals surface area contributed by atoms with Crippen molar-refractivity contribution in [3.8, 4) is 5.75 Å². The average Bonchev–Trinajstić information content (AvgIpc) is 2.55. The van der Waals surface area contributed by atoms with Gasteiger partial charge < -0.3 is 4.74 Å². The standard InChI is InChI=1S/C16H12F2N2O3S/c17-16(18)23-12-4-2-5-13(9-12)24(21,22)20-15-6-1-3-11-10-19-8-7-14(11)15/h1-10,16,20H. The maximum absolute atomic E-state index is 12.5. The molecule has 124 valence electrons. The van der Waals surface area contributed by atoms with Gasteiger partial charge in [-0.2, -0.15) is 8.78 Å². The van der Waals surface area contributed by atoms with E-state index in [-0.39, 0.29) is 10.6 Å². The first kappa shape index (κ1) is 16.1. The highest BCUT2D eigenvalue weighted by atomic mass is 32.2. The van der Waals surface area contributed by atoms with E-state index in [0.717, 1.165) is 11.5 Å². The first-order valence-electron chi connectivity index (χ1n) is 6.86. The van der Waals surface area contributed by atoms with E-state index in [1.54, 1.807) is 36.7 Å². The van der Waals surface area contributed by atoms with Gasteiger partial charge in [-0.05, 0) is 24.3 Å². The number of sulfonamides is 1. The number of pyridine rings is 1. The Kier molecular flexibility index (Phi) is 4.30. The third-order valence-electron chi connectivity index (χ3n) is 3.27. The summed E-state index contributed by atoms with van der Waals surface area (Å²) in [5, 5.41) is 1.45. The molecule has 0 bridgehead atoms. The maximum atomic E-state index is 12.5. The fraction of sp³-hybridized carbons (Fsp3) is 0.0625. The normalized spacial score (nSPS) is 11.6. The summed E-state index contributed by atoms with van der Waals surface area (Å²) < 4.78 is 56.3. The van der Waals surface area contributed by atoms with E-state index in [9.17, 15) is 17.2 Å². The molecule has 5 nitrogen and oxygen atoms in total. The van der Waals surface area contributed by atoms with Gasteiger partial charge in [-0.25, -0.2) is 8.42 Å². The predicted molar refractivity (Wildman–Crippen MR) is 85.6 cm³/mol. The van der Waals surface area contributed by atoms with Gasteiger partial charge in [-0.1, -0.05) is 18.2 Å². The number of fused-ring (bicyclic) bond motifs is 1. The number of hydrogen-bond acceptors (Lipinski definition) is 4. The third-order valence-corrected chi connectivity index (χ3v) is 4.63. The Balaban J connectivity index is 1.96. The average molecular weight is 350 g/mol. The smallest absolute Gasteiger partial charge is 0.387 e. The molecule has 0 saturated heterocycles. The van der Waals surface area contributed by atoms with Gasteiger partial charge in [-0.3, -0.25) is 9.71 Å². The van der Waals surface area contributed by atoms with Crippen molar-refractivity contribution in [2.45, 2.75) is 11.5 Å². The molecule has 3 rings (SSSR count). The number of benzene rings is 2. The second-order valence-electron chi connectivity index (χ2n) is 4.86. The van der Waals surface area contributed by atoms with E-state index in [1.165, 1.54) is 18.2 Å². The van der Waals surface area contributed by atoms with Crippen molar-refractivity contribution in [1.82, 2.24) is 4.98 Å². The van der Waals surface area contributed by atoms with Crippen molar-refractivity contribution < 1.29 is 21.9 Å². The van der Waals surface area contributed by atoms with Crippen LogP contribution in [0.5, 0.6) is 5.75 Å². The number of nitrogens with zero attached hydrogens (tertiary/aromatic N) is 1. The van der Waals surface area contributed by atoms with Crippen LogP contribution in [0.2, 0.25) is 0 Å². The van der Waals surface area contributed by atoms with Gasteiger partial charge in [-0.15, -0.1) is 0 Å². The molecule has 0 saturated carbocycles. The molecule has 1 heterocycles. The number of aromatic nitrogens is 1. The minimum atomic E-state index is -3.96. The van der Waals surface area contributed by atoms with Crippen LogP contribution < -0.4 is 9.46 Å². The zero-order valence-corrected chi connectivity index (χ0v) is 13.0. The van der Waals surface area contributed by atoms with Crippen LogP contribution in [0.4, 0.5) is 14.5 Å². The van der Waals surface area contributed by atoms with Crippen LogP contribution in [0.15, 0.2) is 65.8 Å². The lowest BCUT2D eigenvalue weighted by Gasteiger charge is -2.11. The minimum Gasteiger partial charge on any atom is -0.435 e. The lowest BCUT2D eigenvalue weighted by molar-refractivity contribution is -0.0499. The van der Waals surface area contributed by atoms with E-state index in [1.807, 2.05) is 0 Å². The number of anilines is 1. The molecular formula is C16H12F2N2O3S. The fourth-order valence-electron chi connectivity index (χ4n) is 2.23. The number of hydrogen-bond donors (Lipinski definition) is 1. The first-order chi connectivity index (χ1) is 11.5. The summed E-state index contributed by atoms with van der Waals surface area (Å²) in [5.41, 5.74) is 0.370. The Labute approximate surface area is 137 Å². The van der Waals surface area contributed by atoms with Crippen LogP contribution in [0.1, 0.15) is 0 Å². The molecule has 8 heteroatoms. The van der Waals surface area contributed by atoms with Crippen molar-refractivity contribution in [3.05, 3.63) is 60.9 Å². The third kappa shape index (κ3) is 3.43. The molecule has 0 fully saturated rings. The van der Waals surface area contributed by atoms with E-state index < -0.39 is 16.6 Å². The fourth-order valence-corrected chi connectivity index (χ4v) is 3.35. The Bertz CT molecular complexity index is 972. The van der Waals surface area contributed by atoms with Crippen LogP contribution in [0.3, 0.4) is 0 Å². The molecule has 1 N–H and O–H groups in total. The highest BCUT2D eigenvalue weighted by molar-refractivity contribution is 7.92. The molecule has 1 aromatic heterocycles. The van der Waals surface area contributed by atoms with E-state index in [0.29, 0.717) is 11.1 Å². The summed E-state index contributed by atoms with van der Waals surface area (Å²) in [4.78, 5) is 3.81. The van der Waals surface area contributed by atoms with E-state index in [2.05, 4.69) is 14.4 Å². The highest BCUT2D eigenvalue weighted by Crippen LogP contribution is 2.26. The monoisotopic (exact) mass is 350 g/mol. The quantitative estimate of drug-likeness (QED) is 0.763. The molecule has 0 amide bonds. The first-order valence-corrected chi connectivity index (χ1v) is 8.34. The van der Waals surface area contributed by atoms with Crippen molar-refractivity contribution in [2.24, 2.45) is 0 Å². The van der Waals surface area contributed by atoms with Gasteiger partial charge in [0.2, 0.25) is 0 Å². The molecule has 0 unspecified atom stereocenters. The summed E-state index contributed by atoms with van der Waals surface area (Å²) in [6.07, 6.45) is 3.17. The zero-order valence-electron chi connectivity index (χ0n) is 12.2. The molecule has 3 aromatic rings. The number of nitrogens with one attached hydrogen (secondary N) is 1.